The molecule has 0 saturated heterocycles. The van der Waals surface area contributed by atoms with Crippen molar-refractivity contribution in [2.45, 2.75) is 5.41 Å². The number of ether oxygens (including phenoxy) is 2. The van der Waals surface area contributed by atoms with Crippen molar-refractivity contribution in [3.05, 3.63) is 241 Å². The van der Waals surface area contributed by atoms with E-state index in [2.05, 4.69) is 194 Å². The van der Waals surface area contributed by atoms with Gasteiger partial charge in [-0.2, -0.15) is 0 Å². The summed E-state index contributed by atoms with van der Waals surface area (Å²) in [6.45, 7) is 0. The van der Waals surface area contributed by atoms with E-state index in [4.69, 9.17) is 19.4 Å². The first-order chi connectivity index (χ1) is 31.7. The average molecular weight is 837 g/mol. The number of aromatic nitrogens is 2. The molecule has 11 aromatic rings. The van der Waals surface area contributed by atoms with E-state index in [1.807, 2.05) is 35.6 Å². The van der Waals surface area contributed by atoms with Crippen molar-refractivity contribution < 1.29 is 9.47 Å². The average Bonchev–Trinajstić information content (AvgIpc) is 3.90. The van der Waals surface area contributed by atoms with Crippen LogP contribution in [0.25, 0.3) is 76.3 Å². The second-order valence-corrected chi connectivity index (χ2v) is 17.5. The molecule has 2 aliphatic rings. The normalized spacial score (nSPS) is 13.1. The summed E-state index contributed by atoms with van der Waals surface area (Å²) in [4.78, 5) is 10.2. The zero-order valence-electron chi connectivity index (χ0n) is 34.4. The number of benzene rings is 9. The summed E-state index contributed by atoms with van der Waals surface area (Å²) in [5, 5.41) is 2.55. The molecular weight excluding hydrogens is 801 g/mol. The number of hydrogen-bond acceptors (Lipinski definition) is 5. The highest BCUT2D eigenvalue weighted by atomic mass is 32.1. The van der Waals surface area contributed by atoms with E-state index in [1.54, 1.807) is 0 Å². The molecule has 13 rings (SSSR count). The zero-order valence-corrected chi connectivity index (χ0v) is 35.2. The van der Waals surface area contributed by atoms with E-state index >= 15 is 0 Å². The van der Waals surface area contributed by atoms with Crippen LogP contribution in [0.4, 0.5) is 0 Å². The molecule has 0 spiro atoms. The minimum Gasteiger partial charge on any atom is -0.449 e. The second-order valence-electron chi connectivity index (χ2n) is 16.4. The first-order valence-corrected chi connectivity index (χ1v) is 22.4. The van der Waals surface area contributed by atoms with Gasteiger partial charge < -0.3 is 9.47 Å². The van der Waals surface area contributed by atoms with Crippen LogP contribution in [0.15, 0.2) is 218 Å². The van der Waals surface area contributed by atoms with Crippen LogP contribution in [-0.2, 0) is 5.41 Å². The molecule has 0 amide bonds. The van der Waals surface area contributed by atoms with Gasteiger partial charge in [0.05, 0.1) is 16.8 Å². The third kappa shape index (κ3) is 5.68. The second kappa shape index (κ2) is 14.5. The topological polar surface area (TPSA) is 44.2 Å². The maximum absolute atomic E-state index is 7.01. The highest BCUT2D eigenvalue weighted by molar-refractivity contribution is 7.25. The van der Waals surface area contributed by atoms with E-state index in [0.717, 1.165) is 56.1 Å². The maximum Gasteiger partial charge on any atom is 0.178 e. The van der Waals surface area contributed by atoms with E-state index in [-0.39, 0.29) is 0 Å². The molecular formula is C59H36N2O2S. The molecule has 1 aliphatic heterocycles. The number of thiophene rings is 1. The Kier molecular flexibility index (Phi) is 8.27. The fourth-order valence-corrected chi connectivity index (χ4v) is 11.1. The lowest BCUT2D eigenvalue weighted by molar-refractivity contribution is 0.360. The molecule has 5 heteroatoms. The van der Waals surface area contributed by atoms with Crippen LogP contribution in [-0.4, -0.2) is 9.97 Å². The number of hydrogen-bond donors (Lipinski definition) is 0. The van der Waals surface area contributed by atoms with Gasteiger partial charge in [-0.05, 0) is 75.3 Å². The van der Waals surface area contributed by atoms with Gasteiger partial charge in [-0.15, -0.1) is 11.3 Å². The van der Waals surface area contributed by atoms with Crippen LogP contribution < -0.4 is 9.47 Å². The van der Waals surface area contributed by atoms with Crippen LogP contribution >= 0.6 is 11.3 Å². The molecule has 0 N–H and O–H groups in total. The van der Waals surface area contributed by atoms with Crippen molar-refractivity contribution in [2.24, 2.45) is 0 Å². The molecule has 0 saturated carbocycles. The molecule has 2 aromatic heterocycles. The molecule has 0 bridgehead atoms. The summed E-state index contributed by atoms with van der Waals surface area (Å²) in [5.41, 5.74) is 13.4. The largest absolute Gasteiger partial charge is 0.449 e. The van der Waals surface area contributed by atoms with Crippen LogP contribution in [0.2, 0.25) is 0 Å². The molecule has 64 heavy (non-hydrogen) atoms. The lowest BCUT2D eigenvalue weighted by Crippen LogP contribution is -2.28. The first-order valence-electron chi connectivity index (χ1n) is 21.5. The van der Waals surface area contributed by atoms with E-state index in [0.29, 0.717) is 23.1 Å². The van der Waals surface area contributed by atoms with Gasteiger partial charge in [-0.25, -0.2) is 9.97 Å². The van der Waals surface area contributed by atoms with Crippen molar-refractivity contribution in [3.63, 3.8) is 0 Å². The predicted octanol–water partition coefficient (Wildman–Crippen LogP) is 15.8. The zero-order chi connectivity index (χ0) is 42.2. The van der Waals surface area contributed by atoms with Crippen LogP contribution in [0.3, 0.4) is 0 Å². The molecule has 0 unspecified atom stereocenters. The molecule has 3 heterocycles. The van der Waals surface area contributed by atoms with Crippen molar-refractivity contribution in [1.82, 2.24) is 9.97 Å². The van der Waals surface area contributed by atoms with Crippen molar-refractivity contribution >= 4 is 31.5 Å². The number of fused-ring (bicyclic) bond motifs is 9. The lowest BCUT2D eigenvalue weighted by Gasteiger charge is -2.34. The Morgan fingerprint density at radius 1 is 0.375 bits per heavy atom. The first kappa shape index (κ1) is 36.5. The molecule has 0 fully saturated rings. The maximum atomic E-state index is 7.01. The fourth-order valence-electron chi connectivity index (χ4n) is 9.92. The third-order valence-corrected chi connectivity index (χ3v) is 14.0. The van der Waals surface area contributed by atoms with Crippen molar-refractivity contribution in [3.8, 4) is 79.2 Å². The summed E-state index contributed by atoms with van der Waals surface area (Å²) in [6.07, 6.45) is 0. The quantitative estimate of drug-likeness (QED) is 0.167. The fraction of sp³-hybridized carbons (Fsp3) is 0.0169. The Morgan fingerprint density at radius 2 is 0.984 bits per heavy atom. The van der Waals surface area contributed by atoms with Crippen LogP contribution in [0.5, 0.6) is 23.0 Å². The summed E-state index contributed by atoms with van der Waals surface area (Å²) in [6, 6.07) is 77.1. The molecule has 1 aliphatic carbocycles. The van der Waals surface area contributed by atoms with Crippen LogP contribution in [0.1, 0.15) is 22.3 Å². The van der Waals surface area contributed by atoms with E-state index in [1.165, 1.54) is 42.4 Å². The van der Waals surface area contributed by atoms with Gasteiger partial charge in [0, 0.05) is 42.4 Å². The summed E-state index contributed by atoms with van der Waals surface area (Å²) in [7, 11) is 0. The predicted molar refractivity (Wildman–Crippen MR) is 261 cm³/mol. The van der Waals surface area contributed by atoms with E-state index < -0.39 is 5.41 Å². The highest BCUT2D eigenvalue weighted by Gasteiger charge is 2.48. The minimum absolute atomic E-state index is 0.532. The van der Waals surface area contributed by atoms with Crippen LogP contribution in [0, 0.1) is 0 Å². The molecule has 4 nitrogen and oxygen atoms in total. The van der Waals surface area contributed by atoms with Gasteiger partial charge in [-0.1, -0.05) is 182 Å². The van der Waals surface area contributed by atoms with Gasteiger partial charge in [0.2, 0.25) is 0 Å². The molecule has 0 radical (unpaired) electrons. The van der Waals surface area contributed by atoms with Crippen molar-refractivity contribution in [1.29, 1.82) is 0 Å². The Balaban J connectivity index is 0.870. The van der Waals surface area contributed by atoms with E-state index in [9.17, 15) is 0 Å². The SMILES string of the molecule is c1ccc(-c2nc(-c3ccc(-c4ccc5c(c4)Oc4c(ccc6c4-c4ccccc4C6(c4ccccc4)c4ccccc4)O5)cc3)cc(-c3ccc4c(c3)sc3ccccc34)n2)cc1. The smallest absolute Gasteiger partial charge is 0.178 e. The highest BCUT2D eigenvalue weighted by Crippen LogP contribution is 2.62. The Morgan fingerprint density at radius 3 is 1.77 bits per heavy atom. The molecule has 300 valence electrons. The lowest BCUT2D eigenvalue weighted by atomic mass is 9.68. The summed E-state index contributed by atoms with van der Waals surface area (Å²) in [5.74, 6) is 3.50. The number of rotatable bonds is 6. The molecule has 9 aromatic carbocycles. The Bertz CT molecular complexity index is 3560. The minimum atomic E-state index is -0.532. The van der Waals surface area contributed by atoms with Crippen molar-refractivity contribution in [2.75, 3.05) is 0 Å². The number of nitrogens with zero attached hydrogens (tertiary/aromatic N) is 2. The molecule has 0 atom stereocenters. The van der Waals surface area contributed by atoms with Gasteiger partial charge in [0.1, 0.15) is 0 Å². The monoisotopic (exact) mass is 836 g/mol. The van der Waals surface area contributed by atoms with Gasteiger partial charge in [0.15, 0.2) is 28.8 Å². The summed E-state index contributed by atoms with van der Waals surface area (Å²) < 4.78 is 16.2. The standard InChI is InChI=1S/C59H36N2O2S/c1-4-14-39(15-5-1)58-60-49(36-50(61-58)41-28-30-45-44-20-11-13-23-54(44)64-55(45)35-41)38-26-24-37(25-27-38)40-29-32-51-53(34-40)63-57-52(62-51)33-31-48-56(57)46-21-10-12-22-47(46)59(48,42-16-6-2-7-17-42)43-18-8-3-9-19-43/h1-36H. The summed E-state index contributed by atoms with van der Waals surface area (Å²) >= 11 is 1.82. The third-order valence-electron chi connectivity index (χ3n) is 12.9. The van der Waals surface area contributed by atoms with Gasteiger partial charge in [0.25, 0.3) is 0 Å². The van der Waals surface area contributed by atoms with Gasteiger partial charge >= 0.3 is 0 Å². The Hall–Kier alpha value is -8.12. The Labute approximate surface area is 374 Å². The van der Waals surface area contributed by atoms with Gasteiger partial charge in [-0.3, -0.25) is 0 Å².